The fraction of sp³-hybridized carbons (Fsp3) is 0.727. The maximum atomic E-state index is 5.52. The average molecular weight is 225 g/mol. The summed E-state index contributed by atoms with van der Waals surface area (Å²) >= 11 is 1.77. The molecule has 1 aliphatic carbocycles. The lowest BCUT2D eigenvalue weighted by molar-refractivity contribution is 0.336. The largest absolute Gasteiger partial charge is 0.330 e. The van der Waals surface area contributed by atoms with Gasteiger partial charge in [-0.05, 0) is 12.8 Å². The number of thioether (sulfide) groups is 1. The lowest BCUT2D eigenvalue weighted by Crippen LogP contribution is -2.13. The van der Waals surface area contributed by atoms with Crippen LogP contribution in [0, 0.1) is 0 Å². The summed E-state index contributed by atoms with van der Waals surface area (Å²) < 4.78 is 2.35. The molecule has 2 N–H and O–H groups in total. The maximum Gasteiger partial charge on any atom is 0.168 e. The molecular formula is C11H19N3S. The lowest BCUT2D eigenvalue weighted by atomic mass is 9.95. The number of imidazole rings is 1. The predicted octanol–water partition coefficient (Wildman–Crippen LogP) is 2.44. The fourth-order valence-electron chi connectivity index (χ4n) is 2.20. The van der Waals surface area contributed by atoms with Crippen molar-refractivity contribution in [3.63, 3.8) is 0 Å². The van der Waals surface area contributed by atoms with Crippen LogP contribution in [-0.4, -0.2) is 21.8 Å². The first-order chi connectivity index (χ1) is 7.42. The van der Waals surface area contributed by atoms with E-state index in [2.05, 4.69) is 15.7 Å². The zero-order valence-electron chi connectivity index (χ0n) is 9.06. The first kappa shape index (κ1) is 11.0. The zero-order chi connectivity index (χ0) is 10.5. The van der Waals surface area contributed by atoms with E-state index in [1.807, 2.05) is 6.20 Å². The van der Waals surface area contributed by atoms with Crippen molar-refractivity contribution in [1.82, 2.24) is 9.55 Å². The van der Waals surface area contributed by atoms with E-state index in [-0.39, 0.29) is 0 Å². The maximum absolute atomic E-state index is 5.52. The molecule has 0 atom stereocenters. The Bertz CT molecular complexity index is 292. The molecule has 2 rings (SSSR count). The Hall–Kier alpha value is -0.480. The van der Waals surface area contributed by atoms with E-state index in [0.29, 0.717) is 6.04 Å². The molecule has 0 radical (unpaired) electrons. The fourth-order valence-corrected chi connectivity index (χ4v) is 2.99. The summed E-state index contributed by atoms with van der Waals surface area (Å²) in [5, 5.41) is 1.15. The molecule has 0 unspecified atom stereocenters. The van der Waals surface area contributed by atoms with Crippen molar-refractivity contribution in [1.29, 1.82) is 0 Å². The van der Waals surface area contributed by atoms with Crippen LogP contribution in [0.15, 0.2) is 17.6 Å². The van der Waals surface area contributed by atoms with Gasteiger partial charge in [-0.2, -0.15) is 0 Å². The first-order valence-electron chi connectivity index (χ1n) is 5.77. The summed E-state index contributed by atoms with van der Waals surface area (Å²) in [7, 11) is 0. The molecule has 4 heteroatoms. The highest BCUT2D eigenvalue weighted by Gasteiger charge is 2.17. The van der Waals surface area contributed by atoms with E-state index < -0.39 is 0 Å². The summed E-state index contributed by atoms with van der Waals surface area (Å²) in [6.07, 6.45) is 10.8. The summed E-state index contributed by atoms with van der Waals surface area (Å²) in [6.45, 7) is 0.724. The molecule has 0 aliphatic heterocycles. The highest BCUT2D eigenvalue weighted by Crippen LogP contribution is 2.31. The molecule has 0 saturated heterocycles. The standard InChI is InChI=1S/C11H19N3S/c12-6-9-15-11-13-7-8-14(11)10-4-2-1-3-5-10/h7-8,10H,1-6,9,12H2. The zero-order valence-corrected chi connectivity index (χ0v) is 9.88. The lowest BCUT2D eigenvalue weighted by Gasteiger charge is -2.24. The van der Waals surface area contributed by atoms with Gasteiger partial charge in [0, 0.05) is 30.7 Å². The summed E-state index contributed by atoms with van der Waals surface area (Å²) in [4.78, 5) is 4.40. The number of nitrogens with zero attached hydrogens (tertiary/aromatic N) is 2. The molecule has 15 heavy (non-hydrogen) atoms. The average Bonchev–Trinajstić information content (AvgIpc) is 2.75. The van der Waals surface area contributed by atoms with Crippen LogP contribution in [0.25, 0.3) is 0 Å². The van der Waals surface area contributed by atoms with Gasteiger partial charge >= 0.3 is 0 Å². The first-order valence-corrected chi connectivity index (χ1v) is 6.76. The predicted molar refractivity (Wildman–Crippen MR) is 64.1 cm³/mol. The number of hydrogen-bond acceptors (Lipinski definition) is 3. The van der Waals surface area contributed by atoms with Crippen molar-refractivity contribution in [3.8, 4) is 0 Å². The summed E-state index contributed by atoms with van der Waals surface area (Å²) in [5.74, 6) is 0.962. The molecule has 1 fully saturated rings. The molecule has 0 aromatic carbocycles. The third kappa shape index (κ3) is 2.75. The van der Waals surface area contributed by atoms with Crippen molar-refractivity contribution >= 4 is 11.8 Å². The van der Waals surface area contributed by atoms with E-state index in [1.54, 1.807) is 11.8 Å². The van der Waals surface area contributed by atoms with E-state index in [9.17, 15) is 0 Å². The second-order valence-corrected chi connectivity index (χ2v) is 5.11. The van der Waals surface area contributed by atoms with E-state index >= 15 is 0 Å². The van der Waals surface area contributed by atoms with Gasteiger partial charge in [-0.15, -0.1) is 0 Å². The Kier molecular flexibility index (Phi) is 4.09. The van der Waals surface area contributed by atoms with Crippen LogP contribution >= 0.6 is 11.8 Å². The smallest absolute Gasteiger partial charge is 0.168 e. The monoisotopic (exact) mass is 225 g/mol. The van der Waals surface area contributed by atoms with Crippen LogP contribution in [0.1, 0.15) is 38.1 Å². The second kappa shape index (κ2) is 5.56. The van der Waals surface area contributed by atoms with Crippen molar-refractivity contribution in [2.75, 3.05) is 12.3 Å². The van der Waals surface area contributed by atoms with Gasteiger partial charge in [0.05, 0.1) is 0 Å². The van der Waals surface area contributed by atoms with Gasteiger partial charge in [-0.1, -0.05) is 31.0 Å². The molecule has 84 valence electrons. The number of rotatable bonds is 4. The Morgan fingerprint density at radius 1 is 1.40 bits per heavy atom. The van der Waals surface area contributed by atoms with Crippen LogP contribution in [0.3, 0.4) is 0 Å². The van der Waals surface area contributed by atoms with Gasteiger partial charge in [0.2, 0.25) is 0 Å². The van der Waals surface area contributed by atoms with Gasteiger partial charge in [0.1, 0.15) is 0 Å². The molecule has 0 amide bonds. The molecule has 1 aromatic rings. The third-order valence-corrected chi connectivity index (χ3v) is 3.96. The third-order valence-electron chi connectivity index (χ3n) is 2.95. The molecule has 1 aromatic heterocycles. The van der Waals surface area contributed by atoms with Gasteiger partial charge in [-0.3, -0.25) is 0 Å². The number of aromatic nitrogens is 2. The SMILES string of the molecule is NCCSc1nccn1C1CCCCC1. The minimum Gasteiger partial charge on any atom is -0.330 e. The van der Waals surface area contributed by atoms with Crippen LogP contribution in [-0.2, 0) is 0 Å². The van der Waals surface area contributed by atoms with Gasteiger partial charge < -0.3 is 10.3 Å². The molecule has 1 aliphatic rings. The molecule has 0 bridgehead atoms. The van der Waals surface area contributed by atoms with Crippen LogP contribution in [0.4, 0.5) is 0 Å². The van der Waals surface area contributed by atoms with Crippen molar-refractivity contribution in [3.05, 3.63) is 12.4 Å². The Balaban J connectivity index is 2.02. The van der Waals surface area contributed by atoms with Crippen molar-refractivity contribution in [2.45, 2.75) is 43.3 Å². The minimum absolute atomic E-state index is 0.682. The Morgan fingerprint density at radius 3 is 2.93 bits per heavy atom. The van der Waals surface area contributed by atoms with Crippen LogP contribution < -0.4 is 5.73 Å². The molecule has 3 nitrogen and oxygen atoms in total. The van der Waals surface area contributed by atoms with Gasteiger partial charge in [0.25, 0.3) is 0 Å². The molecular weight excluding hydrogens is 206 g/mol. The highest BCUT2D eigenvalue weighted by molar-refractivity contribution is 7.99. The minimum atomic E-state index is 0.682. The van der Waals surface area contributed by atoms with Crippen LogP contribution in [0.2, 0.25) is 0 Å². The Labute approximate surface area is 95.4 Å². The van der Waals surface area contributed by atoms with Crippen molar-refractivity contribution in [2.24, 2.45) is 5.73 Å². The number of nitrogens with two attached hydrogens (primary N) is 1. The Morgan fingerprint density at radius 2 is 2.20 bits per heavy atom. The van der Waals surface area contributed by atoms with Gasteiger partial charge in [-0.25, -0.2) is 4.98 Å². The summed E-state index contributed by atoms with van der Waals surface area (Å²) in [5.41, 5.74) is 5.52. The van der Waals surface area contributed by atoms with E-state index in [4.69, 9.17) is 5.73 Å². The van der Waals surface area contributed by atoms with Gasteiger partial charge in [0.15, 0.2) is 5.16 Å². The van der Waals surface area contributed by atoms with E-state index in [1.165, 1.54) is 32.1 Å². The normalized spacial score (nSPS) is 18.2. The van der Waals surface area contributed by atoms with Crippen LogP contribution in [0.5, 0.6) is 0 Å². The molecule has 1 heterocycles. The number of hydrogen-bond donors (Lipinski definition) is 1. The molecule has 0 spiro atoms. The second-order valence-electron chi connectivity index (χ2n) is 4.05. The van der Waals surface area contributed by atoms with Crippen molar-refractivity contribution < 1.29 is 0 Å². The molecule has 1 saturated carbocycles. The van der Waals surface area contributed by atoms with E-state index in [0.717, 1.165) is 17.5 Å². The summed E-state index contributed by atoms with van der Waals surface area (Å²) in [6, 6.07) is 0.682. The highest BCUT2D eigenvalue weighted by atomic mass is 32.2. The topological polar surface area (TPSA) is 43.8 Å². The quantitative estimate of drug-likeness (QED) is 0.800.